The summed E-state index contributed by atoms with van der Waals surface area (Å²) in [4.78, 5) is 36.4. The SMILES string of the molecule is COc1ccc(-c2cc(=O)c3c(O)cc(O[C@@H]4O[C@H](CO[C@@H]5O[C@@H](C)[C@H](O)[C@@H](OC(C)=O)[C@@H]5OC(C)=O)[C@@H](O)[C@H](O)[C@H]4O)cc3o2)cc1. The summed E-state index contributed by atoms with van der Waals surface area (Å²) in [6.45, 7) is 3.13. The van der Waals surface area contributed by atoms with Gasteiger partial charge >= 0.3 is 11.9 Å². The van der Waals surface area contributed by atoms with E-state index in [9.17, 15) is 39.9 Å². The minimum absolute atomic E-state index is 0.0568. The maximum Gasteiger partial charge on any atom is 0.303 e. The average molecular weight is 677 g/mol. The number of benzene rings is 2. The number of phenolic OH excluding ortho intramolecular Hbond substituents is 1. The van der Waals surface area contributed by atoms with Gasteiger partial charge in [-0.15, -0.1) is 0 Å². The summed E-state index contributed by atoms with van der Waals surface area (Å²) in [6, 6.07) is 10.3. The van der Waals surface area contributed by atoms with E-state index >= 15 is 0 Å². The third kappa shape index (κ3) is 7.39. The van der Waals surface area contributed by atoms with Crippen molar-refractivity contribution in [3.8, 4) is 28.6 Å². The molecule has 2 aliphatic heterocycles. The molecule has 2 aliphatic rings. The zero-order valence-corrected chi connectivity index (χ0v) is 26.2. The third-order valence-corrected chi connectivity index (χ3v) is 7.87. The Kier molecular flexibility index (Phi) is 10.5. The lowest BCUT2D eigenvalue weighted by Crippen LogP contribution is -2.62. The molecule has 3 heterocycles. The van der Waals surface area contributed by atoms with E-state index < -0.39 is 91.1 Å². The van der Waals surface area contributed by atoms with Gasteiger partial charge in [-0.25, -0.2) is 0 Å². The molecule has 10 atom stereocenters. The first-order chi connectivity index (χ1) is 22.8. The number of hydrogen-bond donors (Lipinski definition) is 5. The van der Waals surface area contributed by atoms with Crippen LogP contribution in [0.4, 0.5) is 0 Å². The highest BCUT2D eigenvalue weighted by Gasteiger charge is 2.50. The first-order valence-corrected chi connectivity index (χ1v) is 14.9. The average Bonchev–Trinajstić information content (AvgIpc) is 3.03. The number of esters is 2. The molecule has 0 aliphatic carbocycles. The first kappa shape index (κ1) is 35.0. The number of aromatic hydroxyl groups is 1. The summed E-state index contributed by atoms with van der Waals surface area (Å²) in [6.07, 6.45) is -14.8. The fourth-order valence-corrected chi connectivity index (χ4v) is 5.45. The van der Waals surface area contributed by atoms with Gasteiger partial charge in [0.2, 0.25) is 6.29 Å². The quantitative estimate of drug-likeness (QED) is 0.193. The topological polar surface area (TPSA) is 230 Å². The minimum atomic E-state index is -1.81. The Hall–Kier alpha value is -4.29. The van der Waals surface area contributed by atoms with Crippen molar-refractivity contribution >= 4 is 22.9 Å². The van der Waals surface area contributed by atoms with Crippen LogP contribution in [0.1, 0.15) is 20.8 Å². The van der Waals surface area contributed by atoms with Crippen LogP contribution < -0.4 is 14.9 Å². The Balaban J connectivity index is 1.35. The summed E-state index contributed by atoms with van der Waals surface area (Å²) < 4.78 is 44.4. The normalized spacial score (nSPS) is 30.4. The van der Waals surface area contributed by atoms with E-state index in [0.29, 0.717) is 11.3 Å². The van der Waals surface area contributed by atoms with E-state index in [1.807, 2.05) is 0 Å². The van der Waals surface area contributed by atoms with Crippen LogP contribution in [0.3, 0.4) is 0 Å². The molecule has 0 amide bonds. The fourth-order valence-electron chi connectivity index (χ4n) is 5.45. The van der Waals surface area contributed by atoms with Gasteiger partial charge in [0.25, 0.3) is 0 Å². The maximum atomic E-state index is 12.9. The van der Waals surface area contributed by atoms with E-state index in [1.165, 1.54) is 26.2 Å². The number of aliphatic hydroxyl groups excluding tert-OH is 4. The van der Waals surface area contributed by atoms with E-state index in [1.54, 1.807) is 24.3 Å². The van der Waals surface area contributed by atoms with Gasteiger partial charge in [0, 0.05) is 37.6 Å². The van der Waals surface area contributed by atoms with Crippen molar-refractivity contribution in [3.05, 3.63) is 52.7 Å². The van der Waals surface area contributed by atoms with Crippen molar-refractivity contribution in [2.24, 2.45) is 0 Å². The van der Waals surface area contributed by atoms with Crippen molar-refractivity contribution in [1.29, 1.82) is 0 Å². The number of phenols is 1. The molecule has 3 aromatic rings. The highest BCUT2D eigenvalue weighted by atomic mass is 16.7. The summed E-state index contributed by atoms with van der Waals surface area (Å²) in [5.74, 6) is -1.39. The van der Waals surface area contributed by atoms with Crippen LogP contribution in [0, 0.1) is 0 Å². The van der Waals surface area contributed by atoms with Crippen LogP contribution in [0.5, 0.6) is 17.2 Å². The van der Waals surface area contributed by atoms with Gasteiger partial charge in [0.15, 0.2) is 23.9 Å². The predicted molar refractivity (Wildman–Crippen MR) is 161 cm³/mol. The summed E-state index contributed by atoms with van der Waals surface area (Å²) in [7, 11) is 1.51. The van der Waals surface area contributed by atoms with Gasteiger partial charge < -0.3 is 63.1 Å². The second kappa shape index (κ2) is 14.4. The molecular weight excluding hydrogens is 640 g/mol. The zero-order chi connectivity index (χ0) is 34.9. The molecule has 0 saturated carbocycles. The summed E-state index contributed by atoms with van der Waals surface area (Å²) >= 11 is 0. The molecule has 1 aromatic heterocycles. The van der Waals surface area contributed by atoms with Crippen LogP contribution >= 0.6 is 0 Å². The number of carbonyl (C=O) groups is 2. The van der Waals surface area contributed by atoms with Gasteiger partial charge in [-0.3, -0.25) is 14.4 Å². The zero-order valence-electron chi connectivity index (χ0n) is 26.2. The van der Waals surface area contributed by atoms with Crippen LogP contribution in [0.25, 0.3) is 22.3 Å². The molecular formula is C32H36O16. The molecule has 0 unspecified atom stereocenters. The van der Waals surface area contributed by atoms with E-state index in [2.05, 4.69) is 0 Å². The lowest BCUT2D eigenvalue weighted by Gasteiger charge is -2.43. The van der Waals surface area contributed by atoms with Crippen molar-refractivity contribution < 1.29 is 72.7 Å². The molecule has 16 heteroatoms. The molecule has 0 bridgehead atoms. The van der Waals surface area contributed by atoms with Crippen molar-refractivity contribution in [2.75, 3.05) is 13.7 Å². The van der Waals surface area contributed by atoms with Gasteiger partial charge in [-0.05, 0) is 31.2 Å². The Morgan fingerprint density at radius 2 is 1.48 bits per heavy atom. The molecule has 0 spiro atoms. The number of aliphatic hydroxyl groups is 4. The van der Waals surface area contributed by atoms with Crippen LogP contribution in [0.15, 0.2) is 51.7 Å². The van der Waals surface area contributed by atoms with Gasteiger partial charge in [-0.2, -0.15) is 0 Å². The Morgan fingerprint density at radius 1 is 0.812 bits per heavy atom. The first-order valence-electron chi connectivity index (χ1n) is 14.9. The predicted octanol–water partition coefficient (Wildman–Crippen LogP) is 0.346. The van der Waals surface area contributed by atoms with Crippen molar-refractivity contribution in [2.45, 2.75) is 82.2 Å². The highest BCUT2D eigenvalue weighted by molar-refractivity contribution is 5.86. The number of carbonyl (C=O) groups excluding carboxylic acids is 2. The number of ether oxygens (including phenoxy) is 7. The molecule has 16 nitrogen and oxygen atoms in total. The molecule has 2 fully saturated rings. The highest BCUT2D eigenvalue weighted by Crippen LogP contribution is 2.34. The Morgan fingerprint density at radius 3 is 2.12 bits per heavy atom. The monoisotopic (exact) mass is 676 g/mol. The maximum absolute atomic E-state index is 12.9. The molecule has 48 heavy (non-hydrogen) atoms. The molecule has 2 saturated heterocycles. The fraction of sp³-hybridized carbons (Fsp3) is 0.469. The van der Waals surface area contributed by atoms with Crippen LogP contribution in [0.2, 0.25) is 0 Å². The molecule has 5 rings (SSSR count). The molecule has 2 aromatic carbocycles. The second-order valence-corrected chi connectivity index (χ2v) is 11.3. The smallest absolute Gasteiger partial charge is 0.303 e. The number of fused-ring (bicyclic) bond motifs is 1. The Bertz CT molecular complexity index is 1670. The number of hydrogen-bond acceptors (Lipinski definition) is 16. The second-order valence-electron chi connectivity index (χ2n) is 11.3. The van der Waals surface area contributed by atoms with Crippen molar-refractivity contribution in [3.63, 3.8) is 0 Å². The van der Waals surface area contributed by atoms with Gasteiger partial charge in [-0.1, -0.05) is 0 Å². The van der Waals surface area contributed by atoms with Gasteiger partial charge in [0.1, 0.15) is 64.5 Å². The standard InChI is InChI=1S/C32H36O16/c1-13-25(37)29(44-14(2)33)30(45-15(3)34)32(43-13)42-12-23-26(38)27(39)28(40)31(48-23)46-18-9-19(35)24-20(36)11-21(47-22(24)10-18)16-5-7-17(41-4)8-6-16/h5-11,13,23,25-32,35,37-40H,12H2,1-4H3/t13-,23+,25-,26+,27-,28+,29+,30-,31+,32+/m0/s1. The lowest BCUT2D eigenvalue weighted by atomic mass is 9.98. The van der Waals surface area contributed by atoms with E-state index in [-0.39, 0.29) is 22.5 Å². The molecule has 260 valence electrons. The minimum Gasteiger partial charge on any atom is -0.507 e. The Labute approximate surface area is 272 Å². The summed E-state index contributed by atoms with van der Waals surface area (Å²) in [5.41, 5.74) is -0.0446. The number of rotatable bonds is 9. The van der Waals surface area contributed by atoms with Crippen LogP contribution in [-0.4, -0.2) is 113 Å². The van der Waals surface area contributed by atoms with E-state index in [0.717, 1.165) is 19.9 Å². The van der Waals surface area contributed by atoms with Gasteiger partial charge in [0.05, 0.1) is 19.8 Å². The number of methoxy groups -OCH3 is 1. The van der Waals surface area contributed by atoms with Crippen LogP contribution in [-0.2, 0) is 33.3 Å². The lowest BCUT2D eigenvalue weighted by molar-refractivity contribution is -0.320. The molecule has 0 radical (unpaired) electrons. The largest absolute Gasteiger partial charge is 0.507 e. The van der Waals surface area contributed by atoms with Crippen molar-refractivity contribution in [1.82, 2.24) is 0 Å². The van der Waals surface area contributed by atoms with E-state index in [4.69, 9.17) is 37.6 Å². The summed E-state index contributed by atoms with van der Waals surface area (Å²) in [5, 5.41) is 53.1. The molecule has 5 N–H and O–H groups in total. The third-order valence-electron chi connectivity index (χ3n) is 7.87.